The fourth-order valence-corrected chi connectivity index (χ4v) is 2.47. The van der Waals surface area contributed by atoms with E-state index in [1.165, 1.54) is 19.2 Å². The van der Waals surface area contributed by atoms with Crippen molar-refractivity contribution in [2.45, 2.75) is 0 Å². The lowest BCUT2D eigenvalue weighted by molar-refractivity contribution is 0.0599. The summed E-state index contributed by atoms with van der Waals surface area (Å²) in [5.41, 5.74) is 0.894. The summed E-state index contributed by atoms with van der Waals surface area (Å²) in [6, 6.07) is 12.4. The molecule has 28 heavy (non-hydrogen) atoms. The maximum Gasteiger partial charge on any atom is 0.337 e. The largest absolute Gasteiger partial charge is 0.478 e. The Morgan fingerprint density at radius 2 is 1.79 bits per heavy atom. The van der Waals surface area contributed by atoms with Crippen molar-refractivity contribution in [2.24, 2.45) is 0 Å². The molecule has 1 amide bonds. The number of aromatic carboxylic acids is 1. The maximum absolute atomic E-state index is 12.1. The third kappa shape index (κ3) is 5.78. The van der Waals surface area contributed by atoms with Crippen LogP contribution in [-0.2, 0) is 9.47 Å². The van der Waals surface area contributed by atoms with Crippen molar-refractivity contribution in [3.8, 4) is 0 Å². The lowest BCUT2D eigenvalue weighted by Gasteiger charge is -2.11. The number of rotatable bonds is 7. The van der Waals surface area contributed by atoms with E-state index in [9.17, 15) is 14.4 Å². The number of benzene rings is 2. The first kappa shape index (κ1) is 20.8. The Hall–Kier alpha value is -3.46. The minimum Gasteiger partial charge on any atom is -0.478 e. The number of nitrogens with one attached hydrogen (secondary N) is 2. The number of carboxylic acid groups (broad SMARTS) is 1. The molecule has 2 aromatic rings. The number of carbonyl (C=O) groups excluding carboxylic acids is 2. The Morgan fingerprint density at radius 1 is 1.07 bits per heavy atom. The topological polar surface area (TPSA) is 114 Å². The Balaban J connectivity index is 1.81. The van der Waals surface area contributed by atoms with E-state index in [2.05, 4.69) is 15.4 Å². The molecule has 0 radical (unpaired) electrons. The molecule has 0 fully saturated rings. The quantitative estimate of drug-likeness (QED) is 0.367. The lowest BCUT2D eigenvalue weighted by atomic mass is 10.1. The summed E-state index contributed by atoms with van der Waals surface area (Å²) in [5.74, 6) is -2.17. The first-order chi connectivity index (χ1) is 13.4. The Kier molecular flexibility index (Phi) is 7.46. The van der Waals surface area contributed by atoms with Crippen LogP contribution in [0.1, 0.15) is 31.1 Å². The highest BCUT2D eigenvalue weighted by molar-refractivity contribution is 7.80. The molecule has 2 aromatic carbocycles. The SMILES string of the molecule is COC(=O)c1cccc(NC(=S)OCCNC(=O)c2ccccc2C(=O)O)c1. The van der Waals surface area contributed by atoms with E-state index in [0.29, 0.717) is 11.3 Å². The summed E-state index contributed by atoms with van der Waals surface area (Å²) >= 11 is 5.06. The van der Waals surface area contributed by atoms with Gasteiger partial charge in [0, 0.05) is 5.69 Å². The van der Waals surface area contributed by atoms with Crippen molar-refractivity contribution >= 4 is 40.9 Å². The maximum atomic E-state index is 12.1. The van der Waals surface area contributed by atoms with Gasteiger partial charge in [-0.15, -0.1) is 0 Å². The summed E-state index contributed by atoms with van der Waals surface area (Å²) in [5, 5.41) is 14.6. The van der Waals surface area contributed by atoms with E-state index in [1.807, 2.05) is 0 Å². The molecule has 0 aliphatic carbocycles. The molecule has 0 saturated heterocycles. The number of anilines is 1. The Bertz CT molecular complexity index is 899. The predicted molar refractivity (Wildman–Crippen MR) is 106 cm³/mol. The van der Waals surface area contributed by atoms with Gasteiger partial charge in [-0.05, 0) is 42.5 Å². The van der Waals surface area contributed by atoms with E-state index in [-0.39, 0.29) is 29.5 Å². The minimum absolute atomic E-state index is 0.0576. The summed E-state index contributed by atoms with van der Waals surface area (Å²) in [6.45, 7) is 0.195. The first-order valence-corrected chi connectivity index (χ1v) is 8.56. The Labute approximate surface area is 166 Å². The van der Waals surface area contributed by atoms with E-state index in [1.54, 1.807) is 36.4 Å². The van der Waals surface area contributed by atoms with Crippen molar-refractivity contribution in [1.82, 2.24) is 5.32 Å². The van der Waals surface area contributed by atoms with Gasteiger partial charge in [-0.25, -0.2) is 9.59 Å². The second-order valence-corrected chi connectivity index (χ2v) is 5.81. The van der Waals surface area contributed by atoms with Crippen LogP contribution in [0, 0.1) is 0 Å². The number of carbonyl (C=O) groups is 3. The summed E-state index contributed by atoms with van der Waals surface area (Å²) in [7, 11) is 1.29. The zero-order valence-corrected chi connectivity index (χ0v) is 15.7. The number of esters is 1. The van der Waals surface area contributed by atoms with Gasteiger partial charge in [-0.1, -0.05) is 18.2 Å². The van der Waals surface area contributed by atoms with Crippen LogP contribution in [-0.4, -0.2) is 48.4 Å². The lowest BCUT2D eigenvalue weighted by Crippen LogP contribution is -2.30. The van der Waals surface area contributed by atoms with Gasteiger partial charge in [-0.2, -0.15) is 0 Å². The van der Waals surface area contributed by atoms with Crippen molar-refractivity contribution < 1.29 is 29.0 Å². The Morgan fingerprint density at radius 3 is 2.46 bits per heavy atom. The van der Waals surface area contributed by atoms with Crippen molar-refractivity contribution in [1.29, 1.82) is 0 Å². The molecule has 0 aliphatic heterocycles. The number of hydrogen-bond acceptors (Lipinski definition) is 6. The zero-order valence-electron chi connectivity index (χ0n) is 14.9. The van der Waals surface area contributed by atoms with Gasteiger partial charge in [0.15, 0.2) is 0 Å². The normalized spacial score (nSPS) is 9.89. The third-order valence-corrected chi connectivity index (χ3v) is 3.77. The number of carboxylic acids is 1. The van der Waals surface area contributed by atoms with Gasteiger partial charge in [0.25, 0.3) is 11.1 Å². The second kappa shape index (κ2) is 10.0. The third-order valence-electron chi connectivity index (χ3n) is 3.55. The molecular formula is C19H18N2O6S. The van der Waals surface area contributed by atoms with Crippen molar-refractivity contribution in [3.05, 3.63) is 65.2 Å². The highest BCUT2D eigenvalue weighted by atomic mass is 32.1. The van der Waals surface area contributed by atoms with Crippen LogP contribution in [0.4, 0.5) is 5.69 Å². The van der Waals surface area contributed by atoms with Crippen molar-refractivity contribution in [2.75, 3.05) is 25.6 Å². The molecule has 0 unspecified atom stereocenters. The van der Waals surface area contributed by atoms with Gasteiger partial charge < -0.3 is 25.2 Å². The van der Waals surface area contributed by atoms with Crippen LogP contribution in [0.15, 0.2) is 48.5 Å². The number of ether oxygens (including phenoxy) is 2. The van der Waals surface area contributed by atoms with E-state index in [0.717, 1.165) is 0 Å². The molecule has 0 aromatic heterocycles. The van der Waals surface area contributed by atoms with Crippen LogP contribution >= 0.6 is 12.2 Å². The molecule has 2 rings (SSSR count). The molecule has 8 nitrogen and oxygen atoms in total. The molecule has 0 spiro atoms. The average Bonchev–Trinajstić information content (AvgIpc) is 2.70. The summed E-state index contributed by atoms with van der Waals surface area (Å²) < 4.78 is 9.96. The molecule has 0 atom stereocenters. The number of thiocarbonyl (C=S) groups is 1. The summed E-state index contributed by atoms with van der Waals surface area (Å²) in [6.07, 6.45) is 0. The van der Waals surface area contributed by atoms with Crippen LogP contribution < -0.4 is 10.6 Å². The van der Waals surface area contributed by atoms with Crippen LogP contribution in [0.25, 0.3) is 0 Å². The molecule has 0 bridgehead atoms. The second-order valence-electron chi connectivity index (χ2n) is 5.44. The predicted octanol–water partition coefficient (Wildman–Crippen LogP) is 2.31. The van der Waals surface area contributed by atoms with Crippen molar-refractivity contribution in [3.63, 3.8) is 0 Å². The molecular weight excluding hydrogens is 384 g/mol. The van der Waals surface area contributed by atoms with Crippen LogP contribution in [0.2, 0.25) is 0 Å². The van der Waals surface area contributed by atoms with Crippen LogP contribution in [0.3, 0.4) is 0 Å². The standard InChI is InChI=1S/C19H18N2O6S/c1-26-18(25)12-5-4-6-13(11-12)21-19(28)27-10-9-20-16(22)14-7-2-3-8-15(14)17(23)24/h2-8,11H,9-10H2,1H3,(H,20,22)(H,21,28)(H,23,24). The monoisotopic (exact) mass is 402 g/mol. The fourth-order valence-electron chi connectivity index (χ4n) is 2.27. The number of hydrogen-bond donors (Lipinski definition) is 3. The van der Waals surface area contributed by atoms with Gasteiger partial charge in [-0.3, -0.25) is 4.79 Å². The number of methoxy groups -OCH3 is 1. The molecule has 9 heteroatoms. The highest BCUT2D eigenvalue weighted by Crippen LogP contribution is 2.12. The fraction of sp³-hybridized carbons (Fsp3) is 0.158. The molecule has 0 heterocycles. The first-order valence-electron chi connectivity index (χ1n) is 8.15. The zero-order chi connectivity index (χ0) is 20.5. The molecule has 146 valence electrons. The van der Waals surface area contributed by atoms with Gasteiger partial charge >= 0.3 is 11.9 Å². The van der Waals surface area contributed by atoms with Crippen LogP contribution in [0.5, 0.6) is 0 Å². The molecule has 3 N–H and O–H groups in total. The highest BCUT2D eigenvalue weighted by Gasteiger charge is 2.15. The number of amides is 1. The minimum atomic E-state index is -1.18. The van der Waals surface area contributed by atoms with Gasteiger partial charge in [0.1, 0.15) is 6.61 Å². The average molecular weight is 402 g/mol. The molecule has 0 saturated carbocycles. The van der Waals surface area contributed by atoms with E-state index < -0.39 is 17.8 Å². The summed E-state index contributed by atoms with van der Waals surface area (Å²) in [4.78, 5) is 34.8. The van der Waals surface area contributed by atoms with Gasteiger partial charge in [0.05, 0.1) is 30.3 Å². The van der Waals surface area contributed by atoms with E-state index in [4.69, 9.17) is 22.1 Å². The smallest absolute Gasteiger partial charge is 0.337 e. The van der Waals surface area contributed by atoms with E-state index >= 15 is 0 Å². The molecule has 0 aliphatic rings. The van der Waals surface area contributed by atoms with Gasteiger partial charge in [0.2, 0.25) is 0 Å².